The third-order valence-electron chi connectivity index (χ3n) is 3.11. The first-order valence-electron chi connectivity index (χ1n) is 5.93. The van der Waals surface area contributed by atoms with Crippen molar-refractivity contribution in [1.82, 2.24) is 0 Å². The molecule has 1 aliphatic rings. The minimum Gasteiger partial charge on any atom is -0.399 e. The van der Waals surface area contributed by atoms with E-state index in [-0.39, 0.29) is 5.82 Å². The second kappa shape index (κ2) is 5.74. The van der Waals surface area contributed by atoms with Gasteiger partial charge in [-0.1, -0.05) is 0 Å². The van der Waals surface area contributed by atoms with E-state index < -0.39 is 0 Å². The minimum atomic E-state index is -0.258. The first-order valence-corrected chi connectivity index (χ1v) is 6.81. The maximum atomic E-state index is 13.2. The number of halogens is 1. The van der Waals surface area contributed by atoms with Crippen LogP contribution in [0.5, 0.6) is 0 Å². The number of thioether (sulfide) groups is 1. The number of ether oxygens (including phenoxy) is 1. The average Bonchev–Trinajstić information content (AvgIpc) is 2.28. The van der Waals surface area contributed by atoms with E-state index >= 15 is 0 Å². The van der Waals surface area contributed by atoms with Crippen LogP contribution in [0.2, 0.25) is 0 Å². The van der Waals surface area contributed by atoms with Crippen LogP contribution in [0, 0.1) is 5.82 Å². The Labute approximate surface area is 106 Å². The van der Waals surface area contributed by atoms with Crippen LogP contribution >= 0.6 is 11.8 Å². The van der Waals surface area contributed by atoms with E-state index in [2.05, 4.69) is 0 Å². The number of hydrogen-bond donors (Lipinski definition) is 1. The summed E-state index contributed by atoms with van der Waals surface area (Å²) in [6, 6.07) is 4.74. The van der Waals surface area contributed by atoms with Gasteiger partial charge >= 0.3 is 0 Å². The predicted octanol–water partition coefficient (Wildman–Crippen LogP) is 3.46. The van der Waals surface area contributed by atoms with Crippen molar-refractivity contribution in [2.24, 2.45) is 0 Å². The van der Waals surface area contributed by atoms with Crippen molar-refractivity contribution in [2.75, 3.05) is 12.8 Å². The van der Waals surface area contributed by atoms with E-state index in [9.17, 15) is 4.39 Å². The Balaban J connectivity index is 2.00. The lowest BCUT2D eigenvalue weighted by Gasteiger charge is -2.27. The SMILES string of the molecule is COC1CCCC(Sc2cc(N)cc(F)c2)C1. The van der Waals surface area contributed by atoms with Gasteiger partial charge < -0.3 is 10.5 Å². The van der Waals surface area contributed by atoms with Crippen molar-refractivity contribution in [2.45, 2.75) is 41.9 Å². The van der Waals surface area contributed by atoms with Gasteiger partial charge in [0.15, 0.2) is 0 Å². The Morgan fingerprint density at radius 2 is 2.18 bits per heavy atom. The standard InChI is InChI=1S/C13H18FNOS/c1-16-11-3-2-4-12(8-11)17-13-6-9(14)5-10(15)7-13/h5-7,11-12H,2-4,8,15H2,1H3. The third-order valence-corrected chi connectivity index (χ3v) is 4.38. The summed E-state index contributed by atoms with van der Waals surface area (Å²) in [5, 5.41) is 0.509. The molecule has 17 heavy (non-hydrogen) atoms. The summed E-state index contributed by atoms with van der Waals surface area (Å²) in [5.41, 5.74) is 6.13. The Hall–Kier alpha value is -0.740. The van der Waals surface area contributed by atoms with Gasteiger partial charge in [-0.05, 0) is 43.9 Å². The minimum absolute atomic E-state index is 0.258. The van der Waals surface area contributed by atoms with Crippen molar-refractivity contribution in [3.8, 4) is 0 Å². The fourth-order valence-electron chi connectivity index (χ4n) is 2.27. The van der Waals surface area contributed by atoms with E-state index in [1.807, 2.05) is 6.07 Å². The third kappa shape index (κ3) is 3.61. The second-order valence-electron chi connectivity index (χ2n) is 4.48. The fraction of sp³-hybridized carbons (Fsp3) is 0.538. The van der Waals surface area contributed by atoms with Gasteiger partial charge in [0.25, 0.3) is 0 Å². The van der Waals surface area contributed by atoms with Crippen LogP contribution in [-0.4, -0.2) is 18.5 Å². The fourth-order valence-corrected chi connectivity index (χ4v) is 3.63. The average molecular weight is 255 g/mol. The number of benzene rings is 1. The highest BCUT2D eigenvalue weighted by molar-refractivity contribution is 8.00. The molecule has 2 rings (SSSR count). The highest BCUT2D eigenvalue weighted by Gasteiger charge is 2.22. The summed E-state index contributed by atoms with van der Waals surface area (Å²) in [5.74, 6) is -0.258. The second-order valence-corrected chi connectivity index (χ2v) is 5.86. The molecule has 4 heteroatoms. The molecule has 1 aliphatic carbocycles. The van der Waals surface area contributed by atoms with E-state index in [0.717, 1.165) is 17.7 Å². The molecule has 1 aromatic carbocycles. The molecule has 1 fully saturated rings. The Morgan fingerprint density at radius 1 is 1.35 bits per heavy atom. The zero-order valence-corrected chi connectivity index (χ0v) is 10.8. The Bertz CT molecular complexity index is 365. The van der Waals surface area contributed by atoms with Crippen molar-refractivity contribution < 1.29 is 9.13 Å². The topological polar surface area (TPSA) is 35.2 Å². The van der Waals surface area contributed by atoms with Gasteiger partial charge in [0, 0.05) is 22.9 Å². The molecule has 2 N–H and O–H groups in total. The lowest BCUT2D eigenvalue weighted by atomic mass is 9.97. The quantitative estimate of drug-likeness (QED) is 0.840. The molecule has 0 amide bonds. The molecule has 2 nitrogen and oxygen atoms in total. The van der Waals surface area contributed by atoms with Gasteiger partial charge in [-0.3, -0.25) is 0 Å². The lowest BCUT2D eigenvalue weighted by Crippen LogP contribution is -2.23. The molecule has 0 spiro atoms. The number of nitrogens with two attached hydrogens (primary N) is 1. The first kappa shape index (κ1) is 12.7. The predicted molar refractivity (Wildman–Crippen MR) is 69.7 cm³/mol. The summed E-state index contributed by atoms with van der Waals surface area (Å²) in [7, 11) is 1.76. The molecular weight excluding hydrogens is 237 g/mol. The van der Waals surface area contributed by atoms with Crippen molar-refractivity contribution in [1.29, 1.82) is 0 Å². The van der Waals surface area contributed by atoms with Crippen LogP contribution in [0.3, 0.4) is 0 Å². The normalized spacial score (nSPS) is 24.8. The van der Waals surface area contributed by atoms with E-state index in [1.54, 1.807) is 24.9 Å². The molecule has 0 aromatic heterocycles. The summed E-state index contributed by atoms with van der Waals surface area (Å²) in [6.07, 6.45) is 4.88. The first-order chi connectivity index (χ1) is 8.17. The molecule has 0 bridgehead atoms. The highest BCUT2D eigenvalue weighted by atomic mass is 32.2. The molecule has 0 radical (unpaired) electrons. The summed E-state index contributed by atoms with van der Waals surface area (Å²) >= 11 is 1.71. The maximum absolute atomic E-state index is 13.2. The zero-order chi connectivity index (χ0) is 12.3. The molecule has 94 valence electrons. The van der Waals surface area contributed by atoms with E-state index in [0.29, 0.717) is 17.0 Å². The highest BCUT2D eigenvalue weighted by Crippen LogP contribution is 2.35. The molecule has 1 saturated carbocycles. The number of nitrogen functional groups attached to an aromatic ring is 1. The lowest BCUT2D eigenvalue weighted by molar-refractivity contribution is 0.0730. The van der Waals surface area contributed by atoms with Crippen LogP contribution in [0.15, 0.2) is 23.1 Å². The van der Waals surface area contributed by atoms with Crippen molar-refractivity contribution in [3.05, 3.63) is 24.0 Å². The Kier molecular flexibility index (Phi) is 4.29. The number of hydrogen-bond acceptors (Lipinski definition) is 3. The summed E-state index contributed by atoms with van der Waals surface area (Å²) < 4.78 is 18.6. The number of rotatable bonds is 3. The largest absolute Gasteiger partial charge is 0.399 e. The monoisotopic (exact) mass is 255 g/mol. The molecular formula is C13H18FNOS. The Morgan fingerprint density at radius 3 is 2.88 bits per heavy atom. The molecule has 2 unspecified atom stereocenters. The van der Waals surface area contributed by atoms with Gasteiger partial charge in [0.05, 0.1) is 6.10 Å². The maximum Gasteiger partial charge on any atom is 0.126 e. The molecule has 0 aliphatic heterocycles. The van der Waals surface area contributed by atoms with E-state index in [4.69, 9.17) is 10.5 Å². The van der Waals surface area contributed by atoms with Gasteiger partial charge in [0.2, 0.25) is 0 Å². The van der Waals surface area contributed by atoms with Gasteiger partial charge in [-0.15, -0.1) is 11.8 Å². The molecule has 2 atom stereocenters. The van der Waals surface area contributed by atoms with Crippen LogP contribution in [-0.2, 0) is 4.74 Å². The molecule has 0 saturated heterocycles. The van der Waals surface area contributed by atoms with E-state index in [1.165, 1.54) is 18.9 Å². The van der Waals surface area contributed by atoms with Gasteiger partial charge in [-0.25, -0.2) is 4.39 Å². The molecule has 1 aromatic rings. The van der Waals surface area contributed by atoms with Crippen LogP contribution in [0.4, 0.5) is 10.1 Å². The van der Waals surface area contributed by atoms with Crippen LogP contribution in [0.25, 0.3) is 0 Å². The number of anilines is 1. The molecule has 0 heterocycles. The zero-order valence-electron chi connectivity index (χ0n) is 9.99. The summed E-state index contributed by atoms with van der Waals surface area (Å²) in [6.45, 7) is 0. The van der Waals surface area contributed by atoms with Crippen molar-refractivity contribution in [3.63, 3.8) is 0 Å². The smallest absolute Gasteiger partial charge is 0.126 e. The summed E-state index contributed by atoms with van der Waals surface area (Å²) in [4.78, 5) is 0.921. The van der Waals surface area contributed by atoms with Gasteiger partial charge in [0.1, 0.15) is 5.82 Å². The number of methoxy groups -OCH3 is 1. The van der Waals surface area contributed by atoms with Crippen LogP contribution < -0.4 is 5.73 Å². The van der Waals surface area contributed by atoms with Crippen molar-refractivity contribution >= 4 is 17.4 Å². The van der Waals surface area contributed by atoms with Gasteiger partial charge in [-0.2, -0.15) is 0 Å². The van der Waals surface area contributed by atoms with Crippen LogP contribution in [0.1, 0.15) is 25.7 Å².